The molecule has 5 heterocycles. The number of aryl methyl sites for hydroxylation is 1. The Morgan fingerprint density at radius 2 is 1.88 bits per heavy atom. The lowest BCUT2D eigenvalue weighted by Gasteiger charge is -2.35. The van der Waals surface area contributed by atoms with Gasteiger partial charge in [-0.3, -0.25) is 9.69 Å². The Bertz CT molecular complexity index is 1790. The molecule has 0 saturated carbocycles. The van der Waals surface area contributed by atoms with Crippen LogP contribution < -0.4 is 10.2 Å². The summed E-state index contributed by atoms with van der Waals surface area (Å²) < 4.78 is 25.9. The van der Waals surface area contributed by atoms with Crippen molar-refractivity contribution < 1.29 is 13.2 Å². The number of likely N-dealkylation sites (N-methyl/N-ethyl adjacent to an activating group) is 1. The van der Waals surface area contributed by atoms with Gasteiger partial charge in [0.2, 0.25) is 16.0 Å². The maximum absolute atomic E-state index is 12.4. The molecule has 4 aromatic rings. The average Bonchev–Trinajstić information content (AvgIpc) is 3.69. The largest absolute Gasteiger partial charge is 0.345 e. The summed E-state index contributed by atoms with van der Waals surface area (Å²) in [4.78, 5) is 37.6. The first-order valence-electron chi connectivity index (χ1n) is 14.1. The molecule has 43 heavy (non-hydrogen) atoms. The number of pyridine rings is 1. The van der Waals surface area contributed by atoms with Crippen LogP contribution in [-0.4, -0.2) is 114 Å². The van der Waals surface area contributed by atoms with Crippen LogP contribution in [0, 0.1) is 6.92 Å². The number of nitrogens with zero attached hydrogens (tertiary/aromatic N) is 8. The summed E-state index contributed by atoms with van der Waals surface area (Å²) in [6.07, 6.45) is 4.06. The number of aromatic nitrogens is 4. The van der Waals surface area contributed by atoms with Gasteiger partial charge in [0.25, 0.3) is 5.91 Å². The van der Waals surface area contributed by atoms with Crippen molar-refractivity contribution in [1.29, 1.82) is 0 Å². The first kappa shape index (κ1) is 29.4. The van der Waals surface area contributed by atoms with Crippen LogP contribution in [0.25, 0.3) is 20.8 Å². The summed E-state index contributed by atoms with van der Waals surface area (Å²) in [5, 5.41) is 4.16. The fourth-order valence-corrected chi connectivity index (χ4v) is 6.97. The molecule has 2 fully saturated rings. The van der Waals surface area contributed by atoms with Crippen LogP contribution in [-0.2, 0) is 10.0 Å². The van der Waals surface area contributed by atoms with E-state index in [1.165, 1.54) is 21.9 Å². The molecule has 2 aliphatic rings. The molecule has 1 amide bonds. The van der Waals surface area contributed by atoms with Crippen LogP contribution in [0.4, 0.5) is 17.6 Å². The molecule has 1 N–H and O–H groups in total. The number of hydrogen-bond acceptors (Lipinski definition) is 11. The molecule has 3 aromatic heterocycles. The van der Waals surface area contributed by atoms with Crippen molar-refractivity contribution in [2.45, 2.75) is 25.4 Å². The highest BCUT2D eigenvalue weighted by molar-refractivity contribution is 7.88. The number of thiazole rings is 1. The zero-order chi connectivity index (χ0) is 30.5. The first-order valence-corrected chi connectivity index (χ1v) is 16.7. The quantitative estimate of drug-likeness (QED) is 0.298. The Morgan fingerprint density at radius 3 is 2.60 bits per heavy atom. The molecule has 0 aliphatic carbocycles. The third-order valence-electron chi connectivity index (χ3n) is 8.02. The molecule has 14 heteroatoms. The van der Waals surface area contributed by atoms with E-state index in [0.29, 0.717) is 42.3 Å². The molecule has 0 spiro atoms. The lowest BCUT2D eigenvalue weighted by Crippen LogP contribution is -2.49. The van der Waals surface area contributed by atoms with Gasteiger partial charge in [-0.05, 0) is 25.5 Å². The summed E-state index contributed by atoms with van der Waals surface area (Å²) in [5.74, 6) is 1.93. The molecule has 2 atom stereocenters. The van der Waals surface area contributed by atoms with E-state index in [1.54, 1.807) is 32.2 Å². The lowest BCUT2D eigenvalue weighted by atomic mass is 10.1. The van der Waals surface area contributed by atoms with Crippen molar-refractivity contribution in [3.8, 4) is 10.6 Å². The summed E-state index contributed by atoms with van der Waals surface area (Å²) >= 11 is 1.53. The summed E-state index contributed by atoms with van der Waals surface area (Å²) in [5.41, 5.74) is 3.17. The predicted molar refractivity (Wildman–Crippen MR) is 170 cm³/mol. The van der Waals surface area contributed by atoms with Gasteiger partial charge in [0.05, 0.1) is 16.5 Å². The number of benzene rings is 1. The lowest BCUT2D eigenvalue weighted by molar-refractivity contribution is 0.0827. The van der Waals surface area contributed by atoms with Crippen molar-refractivity contribution in [3.05, 3.63) is 53.9 Å². The van der Waals surface area contributed by atoms with Gasteiger partial charge < -0.3 is 15.1 Å². The number of nitrogens with one attached hydrogen (secondary N) is 1. The van der Waals surface area contributed by atoms with E-state index in [9.17, 15) is 13.2 Å². The second-order valence-electron chi connectivity index (χ2n) is 11.4. The third-order valence-corrected chi connectivity index (χ3v) is 10.4. The molecule has 2 saturated heterocycles. The monoisotopic (exact) mass is 621 g/mol. The van der Waals surface area contributed by atoms with E-state index < -0.39 is 10.0 Å². The van der Waals surface area contributed by atoms with Gasteiger partial charge >= 0.3 is 0 Å². The van der Waals surface area contributed by atoms with Crippen LogP contribution in [0.3, 0.4) is 0 Å². The van der Waals surface area contributed by atoms with E-state index in [2.05, 4.69) is 20.1 Å². The number of rotatable bonds is 9. The number of likely N-dealkylation sites (tertiary alicyclic amines) is 1. The Labute approximate surface area is 255 Å². The minimum atomic E-state index is -3.18. The molecule has 1 aromatic carbocycles. The fraction of sp³-hybridized carbons (Fsp3) is 0.414. The standard InChI is InChI=1S/C29H35N9O3S2/c1-18-11-26(34-29(31-18)38-17-21-13-22(38)16-37(21)10-9-36(4)43(5,40)41)33-25-14-23-24(15-30-25)42-27(32-23)19-7-6-8-20(12-19)28(39)35(2)3/h6-8,11-12,14-15,21-22H,9-10,13,16-17H2,1-5H3,(H,30,31,33,34)/t21-,22-/m0/s1. The molecule has 6 rings (SSSR count). The summed E-state index contributed by atoms with van der Waals surface area (Å²) in [6, 6.07) is 12.0. The minimum Gasteiger partial charge on any atom is -0.345 e. The van der Waals surface area contributed by atoms with Crippen LogP contribution >= 0.6 is 11.3 Å². The Kier molecular flexibility index (Phi) is 7.79. The predicted octanol–water partition coefficient (Wildman–Crippen LogP) is 3.06. The fourth-order valence-electron chi connectivity index (χ4n) is 5.65. The Balaban J connectivity index is 1.15. The molecule has 2 aliphatic heterocycles. The average molecular weight is 622 g/mol. The van der Waals surface area contributed by atoms with E-state index in [4.69, 9.17) is 15.0 Å². The zero-order valence-corrected chi connectivity index (χ0v) is 26.5. The molecular formula is C29H35N9O3S2. The Hall–Kier alpha value is -3.72. The highest BCUT2D eigenvalue weighted by Crippen LogP contribution is 2.34. The number of anilines is 3. The molecule has 226 valence electrons. The van der Waals surface area contributed by atoms with Gasteiger partial charge in [-0.1, -0.05) is 12.1 Å². The van der Waals surface area contributed by atoms with Gasteiger partial charge in [-0.2, -0.15) is 4.98 Å². The van der Waals surface area contributed by atoms with E-state index in [1.807, 2.05) is 43.3 Å². The Morgan fingerprint density at radius 1 is 1.07 bits per heavy atom. The number of fused-ring (bicyclic) bond motifs is 3. The zero-order valence-electron chi connectivity index (χ0n) is 24.9. The van der Waals surface area contributed by atoms with Crippen molar-refractivity contribution in [2.24, 2.45) is 0 Å². The summed E-state index contributed by atoms with van der Waals surface area (Å²) in [6.45, 7) is 4.82. The number of carbonyl (C=O) groups is 1. The second kappa shape index (κ2) is 11.4. The minimum absolute atomic E-state index is 0.0489. The maximum Gasteiger partial charge on any atom is 0.253 e. The van der Waals surface area contributed by atoms with Crippen molar-refractivity contribution in [1.82, 2.24) is 34.0 Å². The van der Waals surface area contributed by atoms with Gasteiger partial charge in [-0.15, -0.1) is 11.3 Å². The highest BCUT2D eigenvalue weighted by atomic mass is 32.2. The molecular weight excluding hydrogens is 587 g/mol. The van der Waals surface area contributed by atoms with Gasteiger partial charge in [-0.25, -0.2) is 27.7 Å². The number of amides is 1. The molecule has 0 radical (unpaired) electrons. The first-order chi connectivity index (χ1) is 20.4. The van der Waals surface area contributed by atoms with E-state index in [-0.39, 0.29) is 11.9 Å². The van der Waals surface area contributed by atoms with Crippen LogP contribution in [0.1, 0.15) is 22.5 Å². The van der Waals surface area contributed by atoms with Crippen LogP contribution in [0.15, 0.2) is 42.6 Å². The van der Waals surface area contributed by atoms with Gasteiger partial charge in [0.1, 0.15) is 16.6 Å². The normalized spacial score (nSPS) is 18.6. The van der Waals surface area contributed by atoms with Crippen molar-refractivity contribution in [2.75, 3.05) is 63.8 Å². The smallest absolute Gasteiger partial charge is 0.253 e. The van der Waals surface area contributed by atoms with E-state index >= 15 is 0 Å². The molecule has 0 unspecified atom stereocenters. The number of hydrogen-bond donors (Lipinski definition) is 1. The number of piperazine rings is 1. The number of sulfonamides is 1. The van der Waals surface area contributed by atoms with Gasteiger partial charge in [0, 0.05) is 94.6 Å². The van der Waals surface area contributed by atoms with Crippen LogP contribution in [0.5, 0.6) is 0 Å². The third kappa shape index (κ3) is 6.18. The molecule has 12 nitrogen and oxygen atoms in total. The maximum atomic E-state index is 12.4. The van der Waals surface area contributed by atoms with Crippen LogP contribution in [0.2, 0.25) is 0 Å². The SMILES string of the molecule is Cc1cc(Nc2cc3nc(-c4cccc(C(=O)N(C)C)c4)sc3cn2)nc(N2C[C@@H]3C[C@H]2CN3CCN(C)S(C)(=O)=O)n1. The highest BCUT2D eigenvalue weighted by Gasteiger charge is 2.44. The van der Waals surface area contributed by atoms with E-state index in [0.717, 1.165) is 46.0 Å². The number of carbonyl (C=O) groups excluding carboxylic acids is 1. The van der Waals surface area contributed by atoms with Crippen molar-refractivity contribution in [3.63, 3.8) is 0 Å². The van der Waals surface area contributed by atoms with Gasteiger partial charge in [0.15, 0.2) is 0 Å². The molecule has 2 bridgehead atoms. The second-order valence-corrected chi connectivity index (χ2v) is 14.6. The topological polar surface area (TPSA) is 128 Å². The summed E-state index contributed by atoms with van der Waals surface area (Å²) in [7, 11) is 1.92. The van der Waals surface area contributed by atoms with Crippen molar-refractivity contribution >= 4 is 55.1 Å².